The van der Waals surface area contributed by atoms with Crippen LogP contribution < -0.4 is 4.90 Å². The Kier molecular flexibility index (Phi) is 3.85. The highest BCUT2D eigenvalue weighted by Crippen LogP contribution is 2.35. The van der Waals surface area contributed by atoms with Crippen LogP contribution in [0.1, 0.15) is 6.42 Å². The third-order valence-electron chi connectivity index (χ3n) is 3.68. The fraction of sp³-hybridized carbons (Fsp3) is 0.267. The van der Waals surface area contributed by atoms with Gasteiger partial charge in [0.1, 0.15) is 0 Å². The van der Waals surface area contributed by atoms with Crippen LogP contribution in [-0.2, 0) is 14.3 Å². The molecule has 1 fully saturated rings. The molecule has 1 aliphatic heterocycles. The topological polar surface area (TPSA) is 64.4 Å². The second-order valence-electron chi connectivity index (χ2n) is 5.01. The van der Waals surface area contributed by atoms with E-state index in [1.165, 1.54) is 7.11 Å². The SMILES string of the molecule is COC(=O)C1CC(=O)N(c2cccc(Cl)c2-n2ccnc2)C1. The lowest BCUT2D eigenvalue weighted by atomic mass is 10.1. The zero-order chi connectivity index (χ0) is 15.7. The smallest absolute Gasteiger partial charge is 0.311 e. The molecule has 6 nitrogen and oxygen atoms in total. The average Bonchev–Trinajstić information content (AvgIpc) is 3.15. The van der Waals surface area contributed by atoms with Crippen LogP contribution in [0.15, 0.2) is 36.9 Å². The van der Waals surface area contributed by atoms with Crippen molar-refractivity contribution in [3.63, 3.8) is 0 Å². The number of aromatic nitrogens is 2. The van der Waals surface area contributed by atoms with E-state index in [1.807, 2.05) is 0 Å². The number of esters is 1. The minimum absolute atomic E-state index is 0.126. The molecular formula is C15H14ClN3O3. The molecule has 1 aliphatic rings. The van der Waals surface area contributed by atoms with Gasteiger partial charge in [-0.05, 0) is 12.1 Å². The summed E-state index contributed by atoms with van der Waals surface area (Å²) in [7, 11) is 1.33. The van der Waals surface area contributed by atoms with Crippen LogP contribution in [0, 0.1) is 5.92 Å². The zero-order valence-corrected chi connectivity index (χ0v) is 12.7. The number of carbonyl (C=O) groups is 2. The number of carbonyl (C=O) groups excluding carboxylic acids is 2. The summed E-state index contributed by atoms with van der Waals surface area (Å²) in [5.74, 6) is -0.951. The molecule has 1 saturated heterocycles. The molecular weight excluding hydrogens is 306 g/mol. The number of halogens is 1. The van der Waals surface area contributed by atoms with Crippen molar-refractivity contribution in [2.24, 2.45) is 5.92 Å². The quantitative estimate of drug-likeness (QED) is 0.812. The lowest BCUT2D eigenvalue weighted by Gasteiger charge is -2.21. The van der Waals surface area contributed by atoms with Gasteiger partial charge in [0, 0.05) is 25.4 Å². The number of hydrogen-bond acceptors (Lipinski definition) is 4. The van der Waals surface area contributed by atoms with Crippen LogP contribution >= 0.6 is 11.6 Å². The number of methoxy groups -OCH3 is 1. The Morgan fingerprint density at radius 1 is 1.45 bits per heavy atom. The Morgan fingerprint density at radius 2 is 2.27 bits per heavy atom. The Morgan fingerprint density at radius 3 is 2.95 bits per heavy atom. The molecule has 1 amide bonds. The van der Waals surface area contributed by atoms with Crippen molar-refractivity contribution < 1.29 is 14.3 Å². The minimum atomic E-state index is -0.452. The number of nitrogens with zero attached hydrogens (tertiary/aromatic N) is 3. The van der Waals surface area contributed by atoms with Crippen molar-refractivity contribution in [1.29, 1.82) is 0 Å². The molecule has 0 spiro atoms. The summed E-state index contributed by atoms with van der Waals surface area (Å²) in [6.45, 7) is 0.285. The van der Waals surface area contributed by atoms with Crippen molar-refractivity contribution >= 4 is 29.2 Å². The number of imidazole rings is 1. The molecule has 1 unspecified atom stereocenters. The monoisotopic (exact) mass is 319 g/mol. The van der Waals surface area contributed by atoms with E-state index in [1.54, 1.807) is 46.4 Å². The van der Waals surface area contributed by atoms with Gasteiger partial charge in [-0.3, -0.25) is 9.59 Å². The van der Waals surface area contributed by atoms with E-state index in [-0.39, 0.29) is 24.8 Å². The summed E-state index contributed by atoms with van der Waals surface area (Å²) in [5, 5.41) is 0.504. The maximum absolute atomic E-state index is 12.3. The first-order chi connectivity index (χ1) is 10.6. The molecule has 7 heteroatoms. The van der Waals surface area contributed by atoms with Crippen LogP contribution in [0.4, 0.5) is 5.69 Å². The molecule has 0 N–H and O–H groups in total. The maximum Gasteiger partial charge on any atom is 0.311 e. The van der Waals surface area contributed by atoms with Gasteiger partial charge in [-0.2, -0.15) is 0 Å². The van der Waals surface area contributed by atoms with E-state index in [4.69, 9.17) is 16.3 Å². The van der Waals surface area contributed by atoms with Gasteiger partial charge in [-0.25, -0.2) is 4.98 Å². The van der Waals surface area contributed by atoms with E-state index in [9.17, 15) is 9.59 Å². The van der Waals surface area contributed by atoms with Gasteiger partial charge < -0.3 is 14.2 Å². The van der Waals surface area contributed by atoms with Crippen LogP contribution in [0.5, 0.6) is 0 Å². The highest BCUT2D eigenvalue weighted by atomic mass is 35.5. The normalized spacial score (nSPS) is 17.8. The highest BCUT2D eigenvalue weighted by Gasteiger charge is 2.37. The third-order valence-corrected chi connectivity index (χ3v) is 3.98. The summed E-state index contributed by atoms with van der Waals surface area (Å²) in [6, 6.07) is 5.33. The predicted octanol–water partition coefficient (Wildman–Crippen LogP) is 2.05. The second-order valence-corrected chi connectivity index (χ2v) is 5.41. The summed E-state index contributed by atoms with van der Waals surface area (Å²) < 4.78 is 6.48. The van der Waals surface area contributed by atoms with E-state index in [0.717, 1.165) is 0 Å². The summed E-state index contributed by atoms with van der Waals surface area (Å²) in [6.07, 6.45) is 5.14. The molecule has 0 bridgehead atoms. The molecule has 1 atom stereocenters. The number of para-hydroxylation sites is 1. The largest absolute Gasteiger partial charge is 0.469 e. The highest BCUT2D eigenvalue weighted by molar-refractivity contribution is 6.33. The lowest BCUT2D eigenvalue weighted by Crippen LogP contribution is -2.27. The summed E-state index contributed by atoms with van der Waals surface area (Å²) >= 11 is 6.29. The number of amides is 1. The van der Waals surface area contributed by atoms with Crippen LogP contribution in [-0.4, -0.2) is 35.1 Å². The molecule has 114 valence electrons. The Hall–Kier alpha value is -2.34. The molecule has 0 saturated carbocycles. The third kappa shape index (κ3) is 2.46. The van der Waals surface area contributed by atoms with Gasteiger partial charge in [-0.15, -0.1) is 0 Å². The van der Waals surface area contributed by atoms with E-state index in [0.29, 0.717) is 16.4 Å². The minimum Gasteiger partial charge on any atom is -0.469 e. The molecule has 0 aliphatic carbocycles. The van der Waals surface area contributed by atoms with Crippen LogP contribution in [0.25, 0.3) is 5.69 Å². The van der Waals surface area contributed by atoms with E-state index < -0.39 is 5.92 Å². The van der Waals surface area contributed by atoms with Gasteiger partial charge in [0.05, 0.1) is 35.8 Å². The molecule has 1 aromatic heterocycles. The number of rotatable bonds is 3. The van der Waals surface area contributed by atoms with Gasteiger partial charge in [-0.1, -0.05) is 17.7 Å². The van der Waals surface area contributed by atoms with Crippen molar-refractivity contribution in [3.05, 3.63) is 41.9 Å². The van der Waals surface area contributed by atoms with Crippen molar-refractivity contribution in [3.8, 4) is 5.69 Å². The Bertz CT molecular complexity index is 715. The molecule has 2 aromatic rings. The van der Waals surface area contributed by atoms with E-state index >= 15 is 0 Å². The standard InChI is InChI=1S/C15H14ClN3O3/c1-22-15(21)10-7-13(20)19(8-10)12-4-2-3-11(16)14(12)18-6-5-17-9-18/h2-6,9-10H,7-8H2,1H3. The van der Waals surface area contributed by atoms with Crippen LogP contribution in [0.2, 0.25) is 5.02 Å². The zero-order valence-electron chi connectivity index (χ0n) is 11.9. The van der Waals surface area contributed by atoms with Gasteiger partial charge in [0.25, 0.3) is 0 Å². The fourth-order valence-electron chi connectivity index (χ4n) is 2.63. The van der Waals surface area contributed by atoms with Crippen molar-refractivity contribution in [2.45, 2.75) is 6.42 Å². The van der Waals surface area contributed by atoms with Crippen molar-refractivity contribution in [1.82, 2.24) is 9.55 Å². The van der Waals surface area contributed by atoms with Crippen LogP contribution in [0.3, 0.4) is 0 Å². The second kappa shape index (κ2) is 5.81. The predicted molar refractivity (Wildman–Crippen MR) is 81.1 cm³/mol. The Balaban J connectivity index is 2.01. The van der Waals surface area contributed by atoms with Gasteiger partial charge in [0.2, 0.25) is 5.91 Å². The fourth-order valence-corrected chi connectivity index (χ4v) is 2.90. The molecule has 3 rings (SSSR count). The lowest BCUT2D eigenvalue weighted by molar-refractivity contribution is -0.145. The van der Waals surface area contributed by atoms with Crippen molar-refractivity contribution in [2.75, 3.05) is 18.6 Å². The number of ether oxygens (including phenoxy) is 1. The summed E-state index contributed by atoms with van der Waals surface area (Å²) in [5.41, 5.74) is 1.32. The first-order valence-corrected chi connectivity index (χ1v) is 7.14. The summed E-state index contributed by atoms with van der Waals surface area (Å²) in [4.78, 5) is 29.5. The molecule has 2 heterocycles. The Labute approximate surface area is 132 Å². The van der Waals surface area contributed by atoms with Gasteiger partial charge >= 0.3 is 5.97 Å². The number of hydrogen-bond donors (Lipinski definition) is 0. The molecule has 22 heavy (non-hydrogen) atoms. The maximum atomic E-state index is 12.3. The first-order valence-electron chi connectivity index (χ1n) is 6.77. The first kappa shape index (κ1) is 14.6. The van der Waals surface area contributed by atoms with E-state index in [2.05, 4.69) is 4.98 Å². The number of anilines is 1. The van der Waals surface area contributed by atoms with Gasteiger partial charge in [0.15, 0.2) is 0 Å². The number of benzene rings is 1. The average molecular weight is 320 g/mol. The molecule has 0 radical (unpaired) electrons. The molecule has 1 aromatic carbocycles.